The van der Waals surface area contributed by atoms with Gasteiger partial charge in [0.25, 0.3) is 0 Å². The molecule has 1 aromatic carbocycles. The van der Waals surface area contributed by atoms with Crippen LogP contribution in [0.5, 0.6) is 5.75 Å². The number of hydrogen-bond acceptors (Lipinski definition) is 2. The lowest BCUT2D eigenvalue weighted by Gasteiger charge is -2.15. The van der Waals surface area contributed by atoms with Crippen LogP contribution >= 0.6 is 0 Å². The third-order valence-electron chi connectivity index (χ3n) is 2.60. The van der Waals surface area contributed by atoms with Crippen molar-refractivity contribution < 1.29 is 18.3 Å². The predicted molar refractivity (Wildman–Crippen MR) is 61.1 cm³/mol. The molecule has 0 spiro atoms. The minimum atomic E-state index is -4.55. The van der Waals surface area contributed by atoms with Crippen LogP contribution in [0, 0.1) is 6.92 Å². The summed E-state index contributed by atoms with van der Waals surface area (Å²) in [7, 11) is 0. The molecular weight excluding hydrogens is 243 g/mol. The van der Waals surface area contributed by atoms with E-state index in [1.807, 2.05) is 0 Å². The van der Waals surface area contributed by atoms with Crippen LogP contribution in [0.3, 0.4) is 0 Å². The van der Waals surface area contributed by atoms with Crippen molar-refractivity contribution in [1.29, 1.82) is 0 Å². The Morgan fingerprint density at radius 2 is 1.72 bits per heavy atom. The minimum Gasteiger partial charge on any atom is -0.505 e. The molecule has 0 radical (unpaired) electrons. The highest BCUT2D eigenvalue weighted by molar-refractivity contribution is 5.74. The Kier molecular flexibility index (Phi) is 2.98. The molecular formula is C13H10F3NO. The van der Waals surface area contributed by atoms with Gasteiger partial charge in [0.2, 0.25) is 0 Å². The maximum absolute atomic E-state index is 12.9. The normalized spacial score (nSPS) is 11.6. The maximum Gasteiger partial charge on any atom is 0.418 e. The number of pyridine rings is 1. The van der Waals surface area contributed by atoms with Gasteiger partial charge in [-0.05, 0) is 12.5 Å². The molecule has 5 heteroatoms. The molecule has 0 atom stereocenters. The van der Waals surface area contributed by atoms with Crippen molar-refractivity contribution in [2.75, 3.05) is 0 Å². The topological polar surface area (TPSA) is 33.1 Å². The van der Waals surface area contributed by atoms with Gasteiger partial charge in [-0.2, -0.15) is 13.2 Å². The zero-order chi connectivity index (χ0) is 13.3. The van der Waals surface area contributed by atoms with Crippen LogP contribution < -0.4 is 0 Å². The SMILES string of the molecule is Cc1ncc(C(F)(F)F)c(-c2ccccc2)c1O. The third-order valence-corrected chi connectivity index (χ3v) is 2.60. The van der Waals surface area contributed by atoms with E-state index in [1.54, 1.807) is 18.2 Å². The van der Waals surface area contributed by atoms with Gasteiger partial charge in [0, 0.05) is 11.8 Å². The molecule has 0 unspecified atom stereocenters. The van der Waals surface area contributed by atoms with Crippen LogP contribution in [-0.2, 0) is 6.18 Å². The van der Waals surface area contributed by atoms with Gasteiger partial charge in [0.05, 0.1) is 11.3 Å². The zero-order valence-corrected chi connectivity index (χ0v) is 9.49. The first-order valence-corrected chi connectivity index (χ1v) is 5.22. The van der Waals surface area contributed by atoms with Crippen LogP contribution in [0.2, 0.25) is 0 Å². The number of aryl methyl sites for hydroxylation is 1. The molecule has 94 valence electrons. The molecule has 0 fully saturated rings. The van der Waals surface area contributed by atoms with E-state index in [4.69, 9.17) is 0 Å². The summed E-state index contributed by atoms with van der Waals surface area (Å²) in [6.45, 7) is 1.46. The van der Waals surface area contributed by atoms with E-state index in [0.717, 1.165) is 6.20 Å². The molecule has 2 aromatic rings. The molecule has 2 rings (SSSR count). The van der Waals surface area contributed by atoms with Gasteiger partial charge in [0.15, 0.2) is 0 Å². The van der Waals surface area contributed by atoms with Crippen molar-refractivity contribution >= 4 is 0 Å². The van der Waals surface area contributed by atoms with Crippen LogP contribution in [0.25, 0.3) is 11.1 Å². The van der Waals surface area contributed by atoms with E-state index in [2.05, 4.69) is 4.98 Å². The second kappa shape index (κ2) is 4.33. The lowest BCUT2D eigenvalue weighted by molar-refractivity contribution is -0.137. The summed E-state index contributed by atoms with van der Waals surface area (Å²) in [6, 6.07) is 7.96. The lowest BCUT2D eigenvalue weighted by Crippen LogP contribution is -2.08. The Hall–Kier alpha value is -2.04. The molecule has 2 nitrogen and oxygen atoms in total. The monoisotopic (exact) mass is 253 g/mol. The summed E-state index contributed by atoms with van der Waals surface area (Å²) in [6.07, 6.45) is -3.80. The quantitative estimate of drug-likeness (QED) is 0.838. The number of aromatic nitrogens is 1. The second-order valence-corrected chi connectivity index (χ2v) is 3.84. The Balaban J connectivity index is 2.75. The number of rotatable bonds is 1. The minimum absolute atomic E-state index is 0.168. The molecule has 0 aliphatic heterocycles. The van der Waals surface area contributed by atoms with Crippen molar-refractivity contribution in [3.8, 4) is 16.9 Å². The highest BCUT2D eigenvalue weighted by Gasteiger charge is 2.36. The first-order valence-electron chi connectivity index (χ1n) is 5.22. The number of halogens is 3. The van der Waals surface area contributed by atoms with Gasteiger partial charge >= 0.3 is 6.18 Å². The molecule has 0 saturated heterocycles. The largest absolute Gasteiger partial charge is 0.505 e. The zero-order valence-electron chi connectivity index (χ0n) is 9.49. The number of alkyl halides is 3. The van der Waals surface area contributed by atoms with E-state index in [0.29, 0.717) is 5.56 Å². The van der Waals surface area contributed by atoms with Gasteiger partial charge in [-0.1, -0.05) is 30.3 Å². The van der Waals surface area contributed by atoms with E-state index < -0.39 is 17.5 Å². The highest BCUT2D eigenvalue weighted by Crippen LogP contribution is 2.42. The Morgan fingerprint density at radius 3 is 2.28 bits per heavy atom. The van der Waals surface area contributed by atoms with Crippen LogP contribution in [0.15, 0.2) is 36.5 Å². The molecule has 18 heavy (non-hydrogen) atoms. The van der Waals surface area contributed by atoms with Crippen molar-refractivity contribution in [1.82, 2.24) is 4.98 Å². The van der Waals surface area contributed by atoms with Crippen molar-refractivity contribution in [2.24, 2.45) is 0 Å². The number of benzene rings is 1. The third kappa shape index (κ3) is 2.16. The Morgan fingerprint density at radius 1 is 1.11 bits per heavy atom. The van der Waals surface area contributed by atoms with Crippen LogP contribution in [0.4, 0.5) is 13.2 Å². The predicted octanol–water partition coefficient (Wildman–Crippen LogP) is 3.78. The number of hydrogen-bond donors (Lipinski definition) is 1. The van der Waals surface area contributed by atoms with E-state index in [9.17, 15) is 18.3 Å². The average molecular weight is 253 g/mol. The molecule has 0 bridgehead atoms. The van der Waals surface area contributed by atoms with E-state index in [-0.39, 0.29) is 11.3 Å². The Labute approximate surface area is 102 Å². The second-order valence-electron chi connectivity index (χ2n) is 3.84. The summed E-state index contributed by atoms with van der Waals surface area (Å²) >= 11 is 0. The summed E-state index contributed by atoms with van der Waals surface area (Å²) in [5.74, 6) is -0.434. The van der Waals surface area contributed by atoms with Crippen molar-refractivity contribution in [2.45, 2.75) is 13.1 Å². The molecule has 1 heterocycles. The highest BCUT2D eigenvalue weighted by atomic mass is 19.4. The molecule has 1 aromatic heterocycles. The summed E-state index contributed by atoms with van der Waals surface area (Å²) in [4.78, 5) is 3.56. The maximum atomic E-state index is 12.9. The molecule has 0 amide bonds. The number of aromatic hydroxyl groups is 1. The molecule has 0 saturated carbocycles. The van der Waals surface area contributed by atoms with Crippen LogP contribution in [-0.4, -0.2) is 10.1 Å². The Bertz CT molecular complexity index is 564. The smallest absolute Gasteiger partial charge is 0.418 e. The van der Waals surface area contributed by atoms with Crippen LogP contribution in [0.1, 0.15) is 11.3 Å². The van der Waals surface area contributed by atoms with Crippen molar-refractivity contribution in [3.05, 3.63) is 47.8 Å². The fourth-order valence-electron chi connectivity index (χ4n) is 1.71. The fourth-order valence-corrected chi connectivity index (χ4v) is 1.71. The van der Waals surface area contributed by atoms with Gasteiger partial charge < -0.3 is 5.11 Å². The van der Waals surface area contributed by atoms with E-state index in [1.165, 1.54) is 19.1 Å². The first-order chi connectivity index (χ1) is 8.41. The van der Waals surface area contributed by atoms with E-state index >= 15 is 0 Å². The number of nitrogens with zero attached hydrogens (tertiary/aromatic N) is 1. The lowest BCUT2D eigenvalue weighted by atomic mass is 9.99. The average Bonchev–Trinajstić information content (AvgIpc) is 2.32. The molecule has 0 aliphatic carbocycles. The van der Waals surface area contributed by atoms with Gasteiger partial charge in [0.1, 0.15) is 5.75 Å². The summed E-state index contributed by atoms with van der Waals surface area (Å²) in [5, 5.41) is 9.83. The first kappa shape index (κ1) is 12.4. The summed E-state index contributed by atoms with van der Waals surface area (Å²) in [5.41, 5.74) is -0.679. The molecule has 0 aliphatic rings. The summed E-state index contributed by atoms with van der Waals surface area (Å²) < 4.78 is 38.7. The standard InChI is InChI=1S/C13H10F3NO/c1-8-12(18)11(9-5-3-2-4-6-9)10(7-17-8)13(14,15)16/h2-7,18H,1H3. The fraction of sp³-hybridized carbons (Fsp3) is 0.154. The van der Waals surface area contributed by atoms with Gasteiger partial charge in [-0.25, -0.2) is 0 Å². The van der Waals surface area contributed by atoms with Gasteiger partial charge in [-0.15, -0.1) is 0 Å². The van der Waals surface area contributed by atoms with Gasteiger partial charge in [-0.3, -0.25) is 4.98 Å². The molecule has 1 N–H and O–H groups in total. The van der Waals surface area contributed by atoms with Crippen molar-refractivity contribution in [3.63, 3.8) is 0 Å².